The number of aromatic hydroxyl groups is 1. The van der Waals surface area contributed by atoms with Crippen LogP contribution in [-0.4, -0.2) is 11.7 Å². The first kappa shape index (κ1) is 14.5. The van der Waals surface area contributed by atoms with Gasteiger partial charge in [0.15, 0.2) is 11.5 Å². The molecule has 0 saturated carbocycles. The van der Waals surface area contributed by atoms with E-state index in [1.807, 2.05) is 44.2 Å². The van der Waals surface area contributed by atoms with Crippen LogP contribution in [0, 0.1) is 6.92 Å². The third-order valence-corrected chi connectivity index (χ3v) is 3.23. The molecule has 0 fully saturated rings. The van der Waals surface area contributed by atoms with Crippen LogP contribution in [0.15, 0.2) is 36.4 Å². The van der Waals surface area contributed by atoms with E-state index >= 15 is 0 Å². The highest BCUT2D eigenvalue weighted by molar-refractivity contribution is 6.30. The molecule has 0 radical (unpaired) electrons. The molecule has 0 unspecified atom stereocenters. The van der Waals surface area contributed by atoms with Gasteiger partial charge >= 0.3 is 0 Å². The summed E-state index contributed by atoms with van der Waals surface area (Å²) in [4.78, 5) is 0. The molecule has 0 atom stereocenters. The van der Waals surface area contributed by atoms with E-state index in [-0.39, 0.29) is 5.75 Å². The van der Waals surface area contributed by atoms with Gasteiger partial charge in [0, 0.05) is 17.3 Å². The molecule has 2 rings (SSSR count). The number of hydrogen-bond donors (Lipinski definition) is 2. The Balaban J connectivity index is 2.08. The predicted octanol–water partition coefficient (Wildman–Crippen LogP) is 4.36. The second-order valence-corrected chi connectivity index (χ2v) is 4.98. The van der Waals surface area contributed by atoms with Gasteiger partial charge in [-0.3, -0.25) is 0 Å². The van der Waals surface area contributed by atoms with E-state index in [0.717, 1.165) is 21.8 Å². The third-order valence-electron chi connectivity index (χ3n) is 3.00. The highest BCUT2D eigenvalue weighted by atomic mass is 35.5. The quantitative estimate of drug-likeness (QED) is 0.860. The summed E-state index contributed by atoms with van der Waals surface area (Å²) in [6.07, 6.45) is 0. The molecule has 4 heteroatoms. The van der Waals surface area contributed by atoms with Crippen LogP contribution in [0.1, 0.15) is 18.1 Å². The number of benzene rings is 2. The monoisotopic (exact) mass is 291 g/mol. The number of phenolic OH excluding ortho intramolecular Hbond substituents is 1. The van der Waals surface area contributed by atoms with E-state index in [9.17, 15) is 5.11 Å². The highest BCUT2D eigenvalue weighted by Gasteiger charge is 2.04. The third kappa shape index (κ3) is 3.58. The summed E-state index contributed by atoms with van der Waals surface area (Å²) in [7, 11) is 0. The first-order valence-electron chi connectivity index (χ1n) is 6.55. The first-order valence-corrected chi connectivity index (χ1v) is 6.92. The zero-order chi connectivity index (χ0) is 14.5. The number of anilines is 1. The molecule has 0 spiro atoms. The van der Waals surface area contributed by atoms with Gasteiger partial charge in [0.1, 0.15) is 0 Å². The summed E-state index contributed by atoms with van der Waals surface area (Å²) >= 11 is 5.93. The molecular weight excluding hydrogens is 274 g/mol. The molecule has 2 aromatic carbocycles. The molecule has 0 aliphatic carbocycles. The number of hydrogen-bond acceptors (Lipinski definition) is 3. The molecule has 0 amide bonds. The fraction of sp³-hybridized carbons (Fsp3) is 0.250. The van der Waals surface area contributed by atoms with Gasteiger partial charge in [-0.1, -0.05) is 17.7 Å². The minimum Gasteiger partial charge on any atom is -0.504 e. The second kappa shape index (κ2) is 6.53. The Labute approximate surface area is 124 Å². The lowest BCUT2D eigenvalue weighted by Crippen LogP contribution is -2.01. The standard InChI is InChI=1S/C16H18ClNO2/c1-3-20-16-9-12(4-7-15(16)19)10-18-14-6-5-13(17)8-11(14)2/h4-9,18-19H,3,10H2,1-2H3. The van der Waals surface area contributed by atoms with Crippen LogP contribution in [-0.2, 0) is 6.54 Å². The molecule has 2 N–H and O–H groups in total. The highest BCUT2D eigenvalue weighted by Crippen LogP contribution is 2.27. The zero-order valence-corrected chi connectivity index (χ0v) is 12.4. The first-order chi connectivity index (χ1) is 9.60. The number of rotatable bonds is 5. The van der Waals surface area contributed by atoms with Crippen molar-refractivity contribution in [3.05, 3.63) is 52.5 Å². The van der Waals surface area contributed by atoms with E-state index in [0.29, 0.717) is 18.9 Å². The smallest absolute Gasteiger partial charge is 0.161 e. The van der Waals surface area contributed by atoms with Crippen LogP contribution in [0.5, 0.6) is 11.5 Å². The zero-order valence-electron chi connectivity index (χ0n) is 11.6. The molecule has 0 bridgehead atoms. The molecule has 0 aromatic heterocycles. The molecule has 20 heavy (non-hydrogen) atoms. The molecule has 106 valence electrons. The summed E-state index contributed by atoms with van der Waals surface area (Å²) in [6.45, 7) is 5.08. The lowest BCUT2D eigenvalue weighted by Gasteiger charge is -2.12. The lowest BCUT2D eigenvalue weighted by atomic mass is 10.1. The van der Waals surface area contributed by atoms with Gasteiger partial charge in [-0.2, -0.15) is 0 Å². The summed E-state index contributed by atoms with van der Waals surface area (Å²) < 4.78 is 5.37. The topological polar surface area (TPSA) is 41.5 Å². The molecule has 2 aromatic rings. The number of ether oxygens (including phenoxy) is 1. The van der Waals surface area contributed by atoms with Crippen LogP contribution in [0.4, 0.5) is 5.69 Å². The van der Waals surface area contributed by atoms with Crippen molar-refractivity contribution < 1.29 is 9.84 Å². The maximum atomic E-state index is 9.67. The van der Waals surface area contributed by atoms with Crippen molar-refractivity contribution in [2.75, 3.05) is 11.9 Å². The lowest BCUT2D eigenvalue weighted by molar-refractivity contribution is 0.318. The largest absolute Gasteiger partial charge is 0.504 e. The Hall–Kier alpha value is -1.87. The van der Waals surface area contributed by atoms with Crippen molar-refractivity contribution >= 4 is 17.3 Å². The van der Waals surface area contributed by atoms with E-state index < -0.39 is 0 Å². The van der Waals surface area contributed by atoms with Gasteiger partial charge in [0.05, 0.1) is 6.61 Å². The Morgan fingerprint density at radius 2 is 2.00 bits per heavy atom. The second-order valence-electron chi connectivity index (χ2n) is 4.55. The van der Waals surface area contributed by atoms with Crippen molar-refractivity contribution in [2.45, 2.75) is 20.4 Å². The maximum absolute atomic E-state index is 9.67. The van der Waals surface area contributed by atoms with Gasteiger partial charge < -0.3 is 15.2 Å². The maximum Gasteiger partial charge on any atom is 0.161 e. The van der Waals surface area contributed by atoms with Crippen LogP contribution in [0.25, 0.3) is 0 Å². The van der Waals surface area contributed by atoms with Crippen molar-refractivity contribution in [1.82, 2.24) is 0 Å². The minimum absolute atomic E-state index is 0.165. The number of aryl methyl sites for hydroxylation is 1. The number of nitrogens with one attached hydrogen (secondary N) is 1. The molecule has 3 nitrogen and oxygen atoms in total. The Bertz CT molecular complexity index is 599. The molecule has 0 heterocycles. The van der Waals surface area contributed by atoms with Crippen molar-refractivity contribution in [3.8, 4) is 11.5 Å². The van der Waals surface area contributed by atoms with Gasteiger partial charge in [0.2, 0.25) is 0 Å². The predicted molar refractivity (Wildman–Crippen MR) is 82.8 cm³/mol. The molecule has 0 aliphatic heterocycles. The van der Waals surface area contributed by atoms with Gasteiger partial charge in [-0.05, 0) is 55.3 Å². The van der Waals surface area contributed by atoms with Crippen LogP contribution >= 0.6 is 11.6 Å². The van der Waals surface area contributed by atoms with E-state index in [2.05, 4.69) is 5.32 Å². The summed E-state index contributed by atoms with van der Waals surface area (Å²) in [5.41, 5.74) is 3.18. The van der Waals surface area contributed by atoms with Gasteiger partial charge in [-0.15, -0.1) is 0 Å². The average Bonchev–Trinajstić information content (AvgIpc) is 2.41. The van der Waals surface area contributed by atoms with Crippen molar-refractivity contribution in [1.29, 1.82) is 0 Å². The summed E-state index contributed by atoms with van der Waals surface area (Å²) in [5, 5.41) is 13.7. The van der Waals surface area contributed by atoms with Gasteiger partial charge in [-0.25, -0.2) is 0 Å². The minimum atomic E-state index is 0.165. The summed E-state index contributed by atoms with van der Waals surface area (Å²) in [5.74, 6) is 0.679. The van der Waals surface area contributed by atoms with Crippen LogP contribution in [0.2, 0.25) is 5.02 Å². The van der Waals surface area contributed by atoms with Crippen LogP contribution < -0.4 is 10.1 Å². The van der Waals surface area contributed by atoms with Crippen LogP contribution in [0.3, 0.4) is 0 Å². The van der Waals surface area contributed by atoms with E-state index in [1.165, 1.54) is 0 Å². The fourth-order valence-electron chi connectivity index (χ4n) is 1.96. The Morgan fingerprint density at radius 1 is 1.20 bits per heavy atom. The number of phenols is 1. The molecule has 0 saturated heterocycles. The molecular formula is C16H18ClNO2. The Kier molecular flexibility index (Phi) is 4.74. The number of halogens is 1. The van der Waals surface area contributed by atoms with E-state index in [1.54, 1.807) is 6.07 Å². The van der Waals surface area contributed by atoms with E-state index in [4.69, 9.17) is 16.3 Å². The fourth-order valence-corrected chi connectivity index (χ4v) is 2.19. The average molecular weight is 292 g/mol. The van der Waals surface area contributed by atoms with Gasteiger partial charge in [0.25, 0.3) is 0 Å². The normalized spacial score (nSPS) is 10.3. The molecule has 0 aliphatic rings. The van der Waals surface area contributed by atoms with Crippen molar-refractivity contribution in [2.24, 2.45) is 0 Å². The Morgan fingerprint density at radius 3 is 2.70 bits per heavy atom. The SMILES string of the molecule is CCOc1cc(CNc2ccc(Cl)cc2C)ccc1O. The summed E-state index contributed by atoms with van der Waals surface area (Å²) in [6, 6.07) is 11.1. The van der Waals surface area contributed by atoms with Crippen molar-refractivity contribution in [3.63, 3.8) is 0 Å².